The van der Waals surface area contributed by atoms with Crippen LogP contribution in [0.1, 0.15) is 46.0 Å². The summed E-state index contributed by atoms with van der Waals surface area (Å²) >= 11 is 0. The lowest BCUT2D eigenvalue weighted by Crippen LogP contribution is -2.37. The van der Waals surface area contributed by atoms with Gasteiger partial charge in [0.25, 0.3) is 0 Å². The highest BCUT2D eigenvalue weighted by Crippen LogP contribution is 2.43. The second-order valence-corrected chi connectivity index (χ2v) is 5.87. The van der Waals surface area contributed by atoms with Gasteiger partial charge in [0, 0.05) is 0 Å². The molecule has 0 bridgehead atoms. The fraction of sp³-hybridized carbons (Fsp3) is 0.929. The van der Waals surface area contributed by atoms with E-state index in [1.54, 1.807) is 0 Å². The molecular weight excluding hydrogens is 216 g/mol. The van der Waals surface area contributed by atoms with Crippen LogP contribution in [-0.4, -0.2) is 23.8 Å². The lowest BCUT2D eigenvalue weighted by atomic mass is 9.67. The molecule has 3 heteroatoms. The van der Waals surface area contributed by atoms with E-state index in [2.05, 4.69) is 6.92 Å². The van der Waals surface area contributed by atoms with Crippen LogP contribution in [0.15, 0.2) is 0 Å². The van der Waals surface area contributed by atoms with Gasteiger partial charge in [0.15, 0.2) is 0 Å². The van der Waals surface area contributed by atoms with Gasteiger partial charge in [0.05, 0.1) is 18.6 Å². The highest BCUT2D eigenvalue weighted by atomic mass is 16.5. The van der Waals surface area contributed by atoms with Crippen molar-refractivity contribution in [1.29, 1.82) is 0 Å². The van der Waals surface area contributed by atoms with E-state index in [4.69, 9.17) is 4.74 Å². The monoisotopic (exact) mass is 240 g/mol. The first-order valence-corrected chi connectivity index (χ1v) is 6.94. The van der Waals surface area contributed by atoms with E-state index >= 15 is 0 Å². The number of carboxylic acid groups (broad SMARTS) is 1. The number of carboxylic acids is 1. The molecule has 0 aromatic heterocycles. The number of ether oxygens (including phenoxy) is 1. The average Bonchev–Trinajstić information content (AvgIpc) is 2.50. The topological polar surface area (TPSA) is 46.5 Å². The molecule has 0 aromatic rings. The van der Waals surface area contributed by atoms with Crippen molar-refractivity contribution >= 4 is 5.97 Å². The Morgan fingerprint density at radius 1 is 1.29 bits per heavy atom. The SMILES string of the molecule is CC1CCC2CCCC(C(C)C(=O)O)C2CO1. The first-order chi connectivity index (χ1) is 8.09. The summed E-state index contributed by atoms with van der Waals surface area (Å²) in [7, 11) is 0. The maximum absolute atomic E-state index is 11.2. The minimum absolute atomic E-state index is 0.222. The van der Waals surface area contributed by atoms with Crippen LogP contribution in [0.5, 0.6) is 0 Å². The lowest BCUT2D eigenvalue weighted by Gasteiger charge is -2.38. The van der Waals surface area contributed by atoms with Gasteiger partial charge < -0.3 is 9.84 Å². The standard InChI is InChI=1S/C14H24O3/c1-9-6-7-11-4-3-5-12(10(2)14(15)16)13(11)8-17-9/h9-13H,3-8H2,1-2H3,(H,15,16). The van der Waals surface area contributed by atoms with Gasteiger partial charge in [-0.05, 0) is 43.9 Å². The van der Waals surface area contributed by atoms with Gasteiger partial charge in [-0.15, -0.1) is 0 Å². The van der Waals surface area contributed by atoms with E-state index in [9.17, 15) is 9.90 Å². The van der Waals surface area contributed by atoms with Crippen LogP contribution in [0.25, 0.3) is 0 Å². The highest BCUT2D eigenvalue weighted by molar-refractivity contribution is 5.69. The van der Waals surface area contributed by atoms with E-state index in [-0.39, 0.29) is 5.92 Å². The van der Waals surface area contributed by atoms with Crippen LogP contribution in [0.3, 0.4) is 0 Å². The lowest BCUT2D eigenvalue weighted by molar-refractivity contribution is -0.145. The summed E-state index contributed by atoms with van der Waals surface area (Å²) < 4.78 is 5.84. The molecule has 0 spiro atoms. The molecule has 5 atom stereocenters. The summed E-state index contributed by atoms with van der Waals surface area (Å²) in [4.78, 5) is 11.2. The fourth-order valence-corrected chi connectivity index (χ4v) is 3.62. The molecule has 2 fully saturated rings. The van der Waals surface area contributed by atoms with Gasteiger partial charge in [-0.3, -0.25) is 4.79 Å². The smallest absolute Gasteiger partial charge is 0.306 e. The second kappa shape index (κ2) is 5.38. The summed E-state index contributed by atoms with van der Waals surface area (Å²) in [5.41, 5.74) is 0. The van der Waals surface area contributed by atoms with E-state index in [1.807, 2.05) is 6.92 Å². The van der Waals surface area contributed by atoms with E-state index in [0.29, 0.717) is 23.9 Å². The van der Waals surface area contributed by atoms with Gasteiger partial charge in [0.1, 0.15) is 0 Å². The van der Waals surface area contributed by atoms with Crippen molar-refractivity contribution in [2.45, 2.75) is 52.1 Å². The van der Waals surface area contributed by atoms with Crippen molar-refractivity contribution in [2.75, 3.05) is 6.61 Å². The maximum Gasteiger partial charge on any atom is 0.306 e. The first-order valence-electron chi connectivity index (χ1n) is 6.94. The molecule has 1 aliphatic carbocycles. The molecule has 2 rings (SSSR count). The van der Waals surface area contributed by atoms with Gasteiger partial charge in [-0.2, -0.15) is 0 Å². The van der Waals surface area contributed by atoms with Crippen molar-refractivity contribution in [3.63, 3.8) is 0 Å². The number of hydrogen-bond donors (Lipinski definition) is 1. The molecule has 1 N–H and O–H groups in total. The van der Waals surface area contributed by atoms with Crippen LogP contribution in [0, 0.1) is 23.7 Å². The summed E-state index contributed by atoms with van der Waals surface area (Å²) in [6, 6.07) is 0. The van der Waals surface area contributed by atoms with Crippen LogP contribution in [0.2, 0.25) is 0 Å². The predicted octanol–water partition coefficient (Wildman–Crippen LogP) is 2.94. The fourth-order valence-electron chi connectivity index (χ4n) is 3.62. The number of rotatable bonds is 2. The van der Waals surface area contributed by atoms with Crippen LogP contribution in [0.4, 0.5) is 0 Å². The van der Waals surface area contributed by atoms with Gasteiger partial charge in [-0.1, -0.05) is 19.8 Å². The minimum Gasteiger partial charge on any atom is -0.481 e. The van der Waals surface area contributed by atoms with Crippen molar-refractivity contribution in [3.8, 4) is 0 Å². The molecular formula is C14H24O3. The van der Waals surface area contributed by atoms with Gasteiger partial charge >= 0.3 is 5.97 Å². The second-order valence-electron chi connectivity index (χ2n) is 5.87. The quantitative estimate of drug-likeness (QED) is 0.807. The van der Waals surface area contributed by atoms with Crippen molar-refractivity contribution in [1.82, 2.24) is 0 Å². The van der Waals surface area contributed by atoms with E-state index in [0.717, 1.165) is 19.4 Å². The molecule has 1 heterocycles. The average molecular weight is 240 g/mol. The van der Waals surface area contributed by atoms with Crippen molar-refractivity contribution in [2.24, 2.45) is 23.7 Å². The Bertz CT molecular complexity index is 277. The normalized spacial score (nSPS) is 40.1. The number of aliphatic carboxylic acids is 1. The van der Waals surface area contributed by atoms with Crippen LogP contribution < -0.4 is 0 Å². The molecule has 5 unspecified atom stereocenters. The molecule has 98 valence electrons. The molecule has 1 saturated heterocycles. The summed E-state index contributed by atoms with van der Waals surface area (Å²) in [6.07, 6.45) is 6.22. The van der Waals surface area contributed by atoms with Crippen LogP contribution in [-0.2, 0) is 9.53 Å². The molecule has 0 radical (unpaired) electrons. The zero-order chi connectivity index (χ0) is 12.4. The third-order valence-electron chi connectivity index (χ3n) is 4.82. The molecule has 0 amide bonds. The van der Waals surface area contributed by atoms with E-state index in [1.165, 1.54) is 19.3 Å². The predicted molar refractivity (Wildman–Crippen MR) is 65.8 cm³/mol. The molecule has 0 aromatic carbocycles. The van der Waals surface area contributed by atoms with Crippen molar-refractivity contribution < 1.29 is 14.6 Å². The van der Waals surface area contributed by atoms with Crippen LogP contribution >= 0.6 is 0 Å². The van der Waals surface area contributed by atoms with Gasteiger partial charge in [0.2, 0.25) is 0 Å². The molecule has 3 nitrogen and oxygen atoms in total. The molecule has 1 saturated carbocycles. The Labute approximate surface area is 104 Å². The number of hydrogen-bond acceptors (Lipinski definition) is 2. The summed E-state index contributed by atoms with van der Waals surface area (Å²) in [5, 5.41) is 9.21. The zero-order valence-electron chi connectivity index (χ0n) is 10.9. The first kappa shape index (κ1) is 12.9. The number of fused-ring (bicyclic) bond motifs is 1. The highest BCUT2D eigenvalue weighted by Gasteiger charge is 2.39. The van der Waals surface area contributed by atoms with Gasteiger partial charge in [-0.25, -0.2) is 0 Å². The Kier molecular flexibility index (Phi) is 4.08. The molecule has 1 aliphatic heterocycles. The Balaban J connectivity index is 2.09. The minimum atomic E-state index is -0.645. The third kappa shape index (κ3) is 2.82. The third-order valence-corrected chi connectivity index (χ3v) is 4.82. The zero-order valence-corrected chi connectivity index (χ0v) is 10.9. The number of carbonyl (C=O) groups is 1. The largest absolute Gasteiger partial charge is 0.481 e. The van der Waals surface area contributed by atoms with E-state index < -0.39 is 5.97 Å². The summed E-state index contributed by atoms with van der Waals surface area (Å²) in [5.74, 6) is 0.615. The maximum atomic E-state index is 11.2. The summed E-state index contributed by atoms with van der Waals surface area (Å²) in [6.45, 7) is 4.77. The Morgan fingerprint density at radius 2 is 2.06 bits per heavy atom. The molecule has 2 aliphatic rings. The van der Waals surface area contributed by atoms with Crippen molar-refractivity contribution in [3.05, 3.63) is 0 Å². The Hall–Kier alpha value is -0.570. The molecule has 17 heavy (non-hydrogen) atoms. The Morgan fingerprint density at radius 3 is 2.76 bits per heavy atom.